The van der Waals surface area contributed by atoms with E-state index in [1.54, 1.807) is 6.07 Å². The third-order valence-corrected chi connectivity index (χ3v) is 4.79. The predicted octanol–water partition coefficient (Wildman–Crippen LogP) is 3.22. The molecule has 0 aliphatic rings. The minimum Gasteiger partial charge on any atom is -0.451 e. The lowest BCUT2D eigenvalue weighted by Gasteiger charge is -2.17. The third kappa shape index (κ3) is 5.57. The van der Waals surface area contributed by atoms with Crippen LogP contribution in [0.5, 0.6) is 0 Å². The number of nitrogens with one attached hydrogen (secondary N) is 1. The van der Waals surface area contributed by atoms with Crippen LogP contribution in [0.4, 0.5) is 5.69 Å². The number of likely N-dealkylation sites (N-methyl/N-ethyl adjacent to an activating group) is 1. The van der Waals surface area contributed by atoms with E-state index in [4.69, 9.17) is 16.3 Å². The van der Waals surface area contributed by atoms with E-state index in [2.05, 4.69) is 5.32 Å². The summed E-state index contributed by atoms with van der Waals surface area (Å²) in [6, 6.07) is 10.6. The van der Waals surface area contributed by atoms with Crippen molar-refractivity contribution in [2.24, 2.45) is 0 Å². The van der Waals surface area contributed by atoms with Crippen LogP contribution in [-0.4, -0.2) is 42.9 Å². The second-order valence-corrected chi connectivity index (χ2v) is 7.20. The fourth-order valence-corrected chi connectivity index (χ4v) is 3.11. The largest absolute Gasteiger partial charge is 0.451 e. The normalized spacial score (nSPS) is 10.3. The van der Waals surface area contributed by atoms with Gasteiger partial charge >= 0.3 is 5.97 Å². The van der Waals surface area contributed by atoms with Gasteiger partial charge in [-0.05, 0) is 30.2 Å². The van der Waals surface area contributed by atoms with Crippen LogP contribution >= 0.6 is 22.9 Å². The molecule has 0 atom stereocenters. The fraction of sp³-hybridized carbons (Fsp3) is 0.278. The van der Waals surface area contributed by atoms with Gasteiger partial charge in [0.15, 0.2) is 6.61 Å². The summed E-state index contributed by atoms with van der Waals surface area (Å²) in [7, 11) is 1.48. The smallest absolute Gasteiger partial charge is 0.348 e. The van der Waals surface area contributed by atoms with Gasteiger partial charge in [0.1, 0.15) is 4.88 Å². The second-order valence-electron chi connectivity index (χ2n) is 5.49. The number of hydrogen-bond acceptors (Lipinski definition) is 5. The van der Waals surface area contributed by atoms with E-state index >= 15 is 0 Å². The van der Waals surface area contributed by atoms with Crippen LogP contribution in [0.1, 0.15) is 22.2 Å². The molecule has 0 saturated heterocycles. The van der Waals surface area contributed by atoms with E-state index in [0.29, 0.717) is 9.21 Å². The molecule has 2 amide bonds. The first-order valence-electron chi connectivity index (χ1n) is 7.95. The maximum atomic E-state index is 12.1. The number of anilines is 1. The number of ether oxygens (including phenoxy) is 1. The van der Waals surface area contributed by atoms with Crippen LogP contribution in [0.2, 0.25) is 4.34 Å². The van der Waals surface area contributed by atoms with Gasteiger partial charge in [-0.3, -0.25) is 9.59 Å². The number of thiophene rings is 1. The topological polar surface area (TPSA) is 75.7 Å². The standard InChI is InChI=1S/C18H19ClN2O4S/c1-3-12-6-4-5-7-13(12)20-16(22)10-21(2)17(23)11-25-18(24)14-8-9-15(19)26-14/h4-9H,3,10-11H2,1-2H3,(H,20,22). The molecule has 1 aromatic carbocycles. The lowest BCUT2D eigenvalue weighted by molar-refractivity contribution is -0.136. The quantitative estimate of drug-likeness (QED) is 0.731. The zero-order valence-electron chi connectivity index (χ0n) is 14.5. The molecule has 0 radical (unpaired) electrons. The molecule has 2 rings (SSSR count). The van der Waals surface area contributed by atoms with Crippen molar-refractivity contribution in [3.8, 4) is 0 Å². The monoisotopic (exact) mass is 394 g/mol. The summed E-state index contributed by atoms with van der Waals surface area (Å²) in [5.74, 6) is -1.41. The van der Waals surface area contributed by atoms with E-state index in [1.807, 2.05) is 31.2 Å². The number of hydrogen-bond donors (Lipinski definition) is 1. The van der Waals surface area contributed by atoms with Gasteiger partial charge in [-0.25, -0.2) is 4.79 Å². The van der Waals surface area contributed by atoms with Gasteiger partial charge < -0.3 is 15.0 Å². The molecule has 6 nitrogen and oxygen atoms in total. The Kier molecular flexibility index (Phi) is 7.17. The Morgan fingerprint density at radius 1 is 1.19 bits per heavy atom. The van der Waals surface area contributed by atoms with Gasteiger partial charge in [0, 0.05) is 12.7 Å². The molecule has 1 heterocycles. The molecule has 138 valence electrons. The molecule has 8 heteroatoms. The SMILES string of the molecule is CCc1ccccc1NC(=O)CN(C)C(=O)COC(=O)c1ccc(Cl)s1. The average molecular weight is 395 g/mol. The van der Waals surface area contributed by atoms with Crippen molar-refractivity contribution in [1.29, 1.82) is 0 Å². The lowest BCUT2D eigenvalue weighted by atomic mass is 10.1. The van der Waals surface area contributed by atoms with Crippen molar-refractivity contribution in [1.82, 2.24) is 4.90 Å². The highest BCUT2D eigenvalue weighted by molar-refractivity contribution is 7.17. The number of amides is 2. The molecule has 0 spiro atoms. The molecule has 0 bridgehead atoms. The first-order chi connectivity index (χ1) is 12.4. The molecule has 1 aromatic heterocycles. The van der Waals surface area contributed by atoms with Gasteiger partial charge in [0.2, 0.25) is 5.91 Å². The van der Waals surface area contributed by atoms with E-state index in [1.165, 1.54) is 18.0 Å². The highest BCUT2D eigenvalue weighted by atomic mass is 35.5. The van der Waals surface area contributed by atoms with Crippen LogP contribution in [0, 0.1) is 0 Å². The van der Waals surface area contributed by atoms with Crippen molar-refractivity contribution < 1.29 is 19.1 Å². The Balaban J connectivity index is 1.82. The summed E-state index contributed by atoms with van der Waals surface area (Å²) in [6.07, 6.45) is 0.786. The number of rotatable bonds is 7. The van der Waals surface area contributed by atoms with E-state index in [-0.39, 0.29) is 12.5 Å². The molecule has 0 saturated carbocycles. The van der Waals surface area contributed by atoms with Gasteiger partial charge in [0.25, 0.3) is 5.91 Å². The molecular weight excluding hydrogens is 376 g/mol. The highest BCUT2D eigenvalue weighted by Crippen LogP contribution is 2.22. The number of aryl methyl sites for hydroxylation is 1. The summed E-state index contributed by atoms with van der Waals surface area (Å²) in [6.45, 7) is 1.42. The van der Waals surface area contributed by atoms with Crippen LogP contribution in [0.15, 0.2) is 36.4 Å². The van der Waals surface area contributed by atoms with Gasteiger partial charge in [-0.1, -0.05) is 36.7 Å². The summed E-state index contributed by atoms with van der Waals surface area (Å²) in [5.41, 5.74) is 1.74. The number of para-hydroxylation sites is 1. The number of benzene rings is 1. The molecule has 1 N–H and O–H groups in total. The summed E-state index contributed by atoms with van der Waals surface area (Å²) in [4.78, 5) is 37.5. The number of esters is 1. The zero-order valence-corrected chi connectivity index (χ0v) is 16.0. The maximum absolute atomic E-state index is 12.1. The number of nitrogens with zero attached hydrogens (tertiary/aromatic N) is 1. The minimum atomic E-state index is -0.620. The molecule has 0 aliphatic heterocycles. The number of carbonyl (C=O) groups is 3. The minimum absolute atomic E-state index is 0.140. The Hall–Kier alpha value is -2.38. The molecule has 0 aliphatic carbocycles. The van der Waals surface area contributed by atoms with Crippen LogP contribution < -0.4 is 5.32 Å². The molecule has 2 aromatic rings. The van der Waals surface area contributed by atoms with Gasteiger partial charge in [-0.2, -0.15) is 0 Å². The first kappa shape index (κ1) is 19.9. The van der Waals surface area contributed by atoms with E-state index in [0.717, 1.165) is 29.0 Å². The lowest BCUT2D eigenvalue weighted by Crippen LogP contribution is -2.37. The van der Waals surface area contributed by atoms with Gasteiger partial charge in [0.05, 0.1) is 10.9 Å². The van der Waals surface area contributed by atoms with E-state index in [9.17, 15) is 14.4 Å². The van der Waals surface area contributed by atoms with Crippen molar-refractivity contribution in [2.45, 2.75) is 13.3 Å². The van der Waals surface area contributed by atoms with E-state index < -0.39 is 18.5 Å². The average Bonchev–Trinajstić information content (AvgIpc) is 3.06. The molecule has 0 unspecified atom stereocenters. The van der Waals surface area contributed by atoms with Crippen LogP contribution in [0.3, 0.4) is 0 Å². The van der Waals surface area contributed by atoms with Crippen molar-refractivity contribution in [3.05, 3.63) is 51.2 Å². The molecular formula is C18H19ClN2O4S. The maximum Gasteiger partial charge on any atom is 0.348 e. The Labute approximate surface area is 160 Å². The summed E-state index contributed by atoms with van der Waals surface area (Å²) < 4.78 is 5.41. The summed E-state index contributed by atoms with van der Waals surface area (Å²) >= 11 is 6.83. The van der Waals surface area contributed by atoms with Crippen LogP contribution in [-0.2, 0) is 20.7 Å². The molecule has 0 fully saturated rings. The van der Waals surface area contributed by atoms with Crippen LogP contribution in [0.25, 0.3) is 0 Å². The summed E-state index contributed by atoms with van der Waals surface area (Å²) in [5, 5.41) is 2.79. The highest BCUT2D eigenvalue weighted by Gasteiger charge is 2.17. The number of carbonyl (C=O) groups excluding carboxylic acids is 3. The first-order valence-corrected chi connectivity index (χ1v) is 9.14. The Morgan fingerprint density at radius 3 is 2.58 bits per heavy atom. The molecule has 26 heavy (non-hydrogen) atoms. The van der Waals surface area contributed by atoms with Crippen molar-refractivity contribution >= 4 is 46.4 Å². The predicted molar refractivity (Wildman–Crippen MR) is 102 cm³/mol. The fourth-order valence-electron chi connectivity index (χ4n) is 2.18. The zero-order chi connectivity index (χ0) is 19.1. The van der Waals surface area contributed by atoms with Crippen molar-refractivity contribution in [2.75, 3.05) is 25.5 Å². The van der Waals surface area contributed by atoms with Gasteiger partial charge in [-0.15, -0.1) is 11.3 Å². The third-order valence-electron chi connectivity index (χ3n) is 3.58. The Bertz CT molecular complexity index is 806. The Morgan fingerprint density at radius 2 is 1.92 bits per heavy atom. The van der Waals surface area contributed by atoms with Crippen molar-refractivity contribution in [3.63, 3.8) is 0 Å². The second kappa shape index (κ2) is 9.35. The number of halogens is 1.